The fraction of sp³-hybridized carbons (Fsp3) is 0.833. The van der Waals surface area contributed by atoms with Crippen molar-refractivity contribution in [2.45, 2.75) is 39.5 Å². The Kier molecular flexibility index (Phi) is 4.95. The predicted molar refractivity (Wildman–Crippen MR) is 60.1 cm³/mol. The van der Waals surface area contributed by atoms with Crippen LogP contribution in [0.4, 0.5) is 0 Å². The predicted octanol–water partition coefficient (Wildman–Crippen LogP) is 2.22. The fourth-order valence-corrected chi connectivity index (χ4v) is 2.05. The van der Waals surface area contributed by atoms with Gasteiger partial charge in [-0.1, -0.05) is 6.92 Å². The molecule has 0 aliphatic carbocycles. The van der Waals surface area contributed by atoms with Gasteiger partial charge in [-0.25, -0.2) is 0 Å². The third kappa shape index (κ3) is 3.42. The molecule has 0 aromatic rings. The Bertz CT molecular complexity index is 206. The summed E-state index contributed by atoms with van der Waals surface area (Å²) in [6.07, 6.45) is 5.01. The second-order valence-electron chi connectivity index (χ2n) is 4.11. The van der Waals surface area contributed by atoms with E-state index in [1.165, 1.54) is 6.10 Å². The Hall–Kier alpha value is -0.700. The molecule has 15 heavy (non-hydrogen) atoms. The van der Waals surface area contributed by atoms with Crippen LogP contribution in [-0.4, -0.2) is 31.0 Å². The van der Waals surface area contributed by atoms with Crippen LogP contribution in [0.15, 0.2) is 0 Å². The van der Waals surface area contributed by atoms with Crippen LogP contribution in [0, 0.1) is 12.0 Å². The maximum absolute atomic E-state index is 11.4. The summed E-state index contributed by atoms with van der Waals surface area (Å²) in [7, 11) is 1.88. The molecule has 1 amide bonds. The number of nitrogens with zero attached hydrogens (tertiary/aromatic N) is 1. The van der Waals surface area contributed by atoms with Gasteiger partial charge in [0.05, 0.1) is 0 Å². The molecule has 1 atom stereocenters. The van der Waals surface area contributed by atoms with Gasteiger partial charge in [-0.2, -0.15) is 4.74 Å². The molecule has 3 nitrogen and oxygen atoms in total. The summed E-state index contributed by atoms with van der Waals surface area (Å²) >= 11 is 0. The van der Waals surface area contributed by atoms with E-state index in [1.807, 2.05) is 18.9 Å². The van der Waals surface area contributed by atoms with E-state index in [1.54, 1.807) is 0 Å². The molecule has 1 saturated heterocycles. The highest BCUT2D eigenvalue weighted by Gasteiger charge is 2.38. The van der Waals surface area contributed by atoms with Crippen LogP contribution in [0.3, 0.4) is 0 Å². The van der Waals surface area contributed by atoms with E-state index in [2.05, 4.69) is 6.92 Å². The Morgan fingerprint density at radius 1 is 1.53 bits per heavy atom. The normalized spacial score (nSPS) is 20.7. The van der Waals surface area contributed by atoms with Crippen LogP contribution in [0.25, 0.3) is 0 Å². The minimum Gasteiger partial charge on any atom is -0.346 e. The van der Waals surface area contributed by atoms with Crippen molar-refractivity contribution >= 4 is 5.91 Å². The van der Waals surface area contributed by atoms with Crippen molar-refractivity contribution in [2.24, 2.45) is 5.92 Å². The first-order chi connectivity index (χ1) is 7.19. The number of hydrogen-bond donors (Lipinski definition) is 0. The van der Waals surface area contributed by atoms with Crippen LogP contribution in [0.1, 0.15) is 39.5 Å². The number of hydrogen-bond acceptors (Lipinski definition) is 2. The van der Waals surface area contributed by atoms with Gasteiger partial charge in [0, 0.05) is 32.9 Å². The van der Waals surface area contributed by atoms with Crippen LogP contribution in [0.2, 0.25) is 0 Å². The summed E-state index contributed by atoms with van der Waals surface area (Å²) < 4.78 is 5.55. The lowest BCUT2D eigenvalue weighted by Crippen LogP contribution is -2.28. The molecule has 86 valence electrons. The van der Waals surface area contributed by atoms with Crippen molar-refractivity contribution in [3.63, 3.8) is 0 Å². The molecule has 0 aromatic heterocycles. The third-order valence-corrected chi connectivity index (χ3v) is 3.10. The van der Waals surface area contributed by atoms with E-state index in [0.717, 1.165) is 32.4 Å². The molecular weight excluding hydrogens is 190 g/mol. The highest BCUT2D eigenvalue weighted by molar-refractivity contribution is 5.75. The highest BCUT2D eigenvalue weighted by atomic mass is 16.5. The minimum atomic E-state index is 0.229. The standard InChI is InChI=1S/C12H22NO2/c1-4-11-10(7-9-15-11)6-8-13(3)12(14)5-2/h10H,4-9H2,1-3H3/q+1. The average molecular weight is 212 g/mol. The molecule has 0 aromatic carbocycles. The zero-order valence-corrected chi connectivity index (χ0v) is 10.1. The number of amides is 1. The first kappa shape index (κ1) is 12.4. The van der Waals surface area contributed by atoms with Gasteiger partial charge in [-0.15, -0.1) is 0 Å². The summed E-state index contributed by atoms with van der Waals surface area (Å²) in [5, 5.41) is 0. The monoisotopic (exact) mass is 212 g/mol. The van der Waals surface area contributed by atoms with Gasteiger partial charge in [0.25, 0.3) is 0 Å². The molecule has 0 bridgehead atoms. The van der Waals surface area contributed by atoms with Gasteiger partial charge < -0.3 is 4.90 Å². The second kappa shape index (κ2) is 6.01. The lowest BCUT2D eigenvalue weighted by molar-refractivity contribution is -0.129. The second-order valence-corrected chi connectivity index (χ2v) is 4.11. The van der Waals surface area contributed by atoms with E-state index in [9.17, 15) is 4.79 Å². The van der Waals surface area contributed by atoms with Crippen LogP contribution in [0.5, 0.6) is 0 Å². The summed E-state index contributed by atoms with van der Waals surface area (Å²) in [4.78, 5) is 13.2. The molecule has 1 aliphatic heterocycles. The van der Waals surface area contributed by atoms with Crippen LogP contribution >= 0.6 is 0 Å². The van der Waals surface area contributed by atoms with E-state index < -0.39 is 0 Å². The number of carbonyl (C=O) groups is 1. The molecule has 1 aliphatic rings. The first-order valence-corrected chi connectivity index (χ1v) is 5.91. The summed E-state index contributed by atoms with van der Waals surface area (Å²) in [6, 6.07) is 0. The molecule has 1 unspecified atom stereocenters. The van der Waals surface area contributed by atoms with Crippen molar-refractivity contribution in [2.75, 3.05) is 20.2 Å². The summed E-state index contributed by atoms with van der Waals surface area (Å²) in [5.41, 5.74) is 0. The first-order valence-electron chi connectivity index (χ1n) is 5.91. The largest absolute Gasteiger partial charge is 0.346 e. The van der Waals surface area contributed by atoms with E-state index in [-0.39, 0.29) is 5.91 Å². The lowest BCUT2D eigenvalue weighted by atomic mass is 9.96. The molecule has 0 spiro atoms. The Morgan fingerprint density at radius 2 is 2.27 bits per heavy atom. The maximum atomic E-state index is 11.4. The number of ether oxygens (including phenoxy) is 1. The molecule has 0 N–H and O–H groups in total. The average Bonchev–Trinajstić information content (AvgIpc) is 2.71. The third-order valence-electron chi connectivity index (χ3n) is 3.10. The molecule has 0 radical (unpaired) electrons. The Balaban J connectivity index is 2.27. The molecule has 0 saturated carbocycles. The fourth-order valence-electron chi connectivity index (χ4n) is 2.05. The van der Waals surface area contributed by atoms with Gasteiger partial charge in [0.15, 0.2) is 0 Å². The quantitative estimate of drug-likeness (QED) is 0.654. The summed E-state index contributed by atoms with van der Waals surface area (Å²) in [5.74, 6) is 0.800. The molecule has 1 heterocycles. The van der Waals surface area contributed by atoms with Crippen LogP contribution in [-0.2, 0) is 9.53 Å². The molecule has 3 heteroatoms. The summed E-state index contributed by atoms with van der Waals surface area (Å²) in [6.45, 7) is 5.75. The van der Waals surface area contributed by atoms with Crippen molar-refractivity contribution in [1.82, 2.24) is 4.90 Å². The van der Waals surface area contributed by atoms with Gasteiger partial charge in [0.2, 0.25) is 12.0 Å². The Morgan fingerprint density at radius 3 is 2.87 bits per heavy atom. The van der Waals surface area contributed by atoms with Crippen molar-refractivity contribution in [3.05, 3.63) is 6.10 Å². The highest BCUT2D eigenvalue weighted by Crippen LogP contribution is 2.32. The molecule has 1 fully saturated rings. The van der Waals surface area contributed by atoms with Crippen molar-refractivity contribution < 1.29 is 9.53 Å². The SMILES string of the molecule is CCC(=O)N(C)CCC1CCO[C+]1CC. The van der Waals surface area contributed by atoms with Crippen LogP contribution < -0.4 is 0 Å². The van der Waals surface area contributed by atoms with Crippen molar-refractivity contribution in [1.29, 1.82) is 0 Å². The minimum absolute atomic E-state index is 0.229. The zero-order valence-electron chi connectivity index (χ0n) is 10.1. The zero-order chi connectivity index (χ0) is 11.3. The van der Waals surface area contributed by atoms with Gasteiger partial charge in [-0.3, -0.25) is 4.79 Å². The number of rotatable bonds is 5. The maximum Gasteiger partial charge on any atom is 0.244 e. The van der Waals surface area contributed by atoms with Gasteiger partial charge in [-0.05, 0) is 6.92 Å². The lowest BCUT2D eigenvalue weighted by Gasteiger charge is -2.17. The van der Waals surface area contributed by atoms with Gasteiger partial charge in [0.1, 0.15) is 18.9 Å². The van der Waals surface area contributed by atoms with Gasteiger partial charge >= 0.3 is 0 Å². The topological polar surface area (TPSA) is 29.5 Å². The van der Waals surface area contributed by atoms with E-state index in [4.69, 9.17) is 4.74 Å². The molecular formula is C12H22NO2+. The van der Waals surface area contributed by atoms with Crippen molar-refractivity contribution in [3.8, 4) is 0 Å². The number of carbonyl (C=O) groups excluding carboxylic acids is 1. The van der Waals surface area contributed by atoms with E-state index >= 15 is 0 Å². The Labute approximate surface area is 92.8 Å². The van der Waals surface area contributed by atoms with E-state index in [0.29, 0.717) is 12.3 Å². The molecule has 1 rings (SSSR count). The smallest absolute Gasteiger partial charge is 0.244 e.